The molecule has 3 aliphatic heterocycles. The van der Waals surface area contributed by atoms with E-state index in [1.165, 1.54) is 17.7 Å². The summed E-state index contributed by atoms with van der Waals surface area (Å²) in [6, 6.07) is 7.24. The fourth-order valence-corrected chi connectivity index (χ4v) is 4.70. The number of aromatic amines is 1. The van der Waals surface area contributed by atoms with E-state index in [0.29, 0.717) is 45.0 Å². The summed E-state index contributed by atoms with van der Waals surface area (Å²) in [5, 5.41) is 6.78. The maximum Gasteiger partial charge on any atom is 0.416 e. The van der Waals surface area contributed by atoms with Crippen LogP contribution in [0.1, 0.15) is 39.3 Å². The number of amides is 1. The fourth-order valence-electron chi connectivity index (χ4n) is 4.70. The molecule has 0 aliphatic carbocycles. The minimum Gasteiger partial charge on any atom is -0.379 e. The Morgan fingerprint density at radius 2 is 1.82 bits per heavy atom. The van der Waals surface area contributed by atoms with E-state index in [2.05, 4.69) is 32.7 Å². The van der Waals surface area contributed by atoms with Crippen LogP contribution in [0.25, 0.3) is 6.08 Å². The van der Waals surface area contributed by atoms with E-state index in [4.69, 9.17) is 0 Å². The molecule has 1 saturated heterocycles. The van der Waals surface area contributed by atoms with E-state index in [9.17, 15) is 18.0 Å². The first kappa shape index (κ1) is 22.7. The van der Waals surface area contributed by atoms with Crippen LogP contribution in [0.5, 0.6) is 0 Å². The highest BCUT2D eigenvalue weighted by Gasteiger charge is 2.30. The van der Waals surface area contributed by atoms with Gasteiger partial charge in [0.2, 0.25) is 0 Å². The van der Waals surface area contributed by atoms with Gasteiger partial charge in [0.15, 0.2) is 0 Å². The molecular weight excluding hydrogens is 443 g/mol. The Hall–Kier alpha value is -3.04. The molecule has 5 rings (SSSR count). The van der Waals surface area contributed by atoms with Gasteiger partial charge in [-0.3, -0.25) is 9.69 Å². The first-order valence-corrected chi connectivity index (χ1v) is 11.6. The number of benzene rings is 1. The van der Waals surface area contributed by atoms with Crippen LogP contribution in [0.4, 0.5) is 13.2 Å². The molecule has 1 fully saturated rings. The van der Waals surface area contributed by atoms with E-state index >= 15 is 0 Å². The number of hydrogen-bond acceptors (Lipinski definition) is 4. The molecule has 1 amide bonds. The molecule has 0 spiro atoms. The topological polar surface area (TPSA) is 63.4 Å². The number of piperazine rings is 1. The zero-order valence-corrected chi connectivity index (χ0v) is 18.8. The van der Waals surface area contributed by atoms with Gasteiger partial charge in [0.1, 0.15) is 5.69 Å². The Kier molecular flexibility index (Phi) is 6.22. The van der Waals surface area contributed by atoms with Crippen molar-refractivity contribution in [1.29, 1.82) is 0 Å². The van der Waals surface area contributed by atoms with Gasteiger partial charge in [-0.2, -0.15) is 13.2 Å². The second-order valence-electron chi connectivity index (χ2n) is 8.97. The van der Waals surface area contributed by atoms with Crippen LogP contribution in [-0.2, 0) is 19.3 Å². The van der Waals surface area contributed by atoms with Gasteiger partial charge in [0, 0.05) is 50.7 Å². The second-order valence-corrected chi connectivity index (χ2v) is 8.97. The van der Waals surface area contributed by atoms with Crippen molar-refractivity contribution < 1.29 is 18.0 Å². The molecule has 0 bridgehead atoms. The number of allylic oxidation sites excluding steroid dienone is 1. The number of aromatic nitrogens is 1. The maximum absolute atomic E-state index is 13.1. The minimum atomic E-state index is -4.32. The van der Waals surface area contributed by atoms with Crippen molar-refractivity contribution in [3.63, 3.8) is 0 Å². The number of halogens is 3. The standard InChI is InChI=1S/C25H28F3N5O/c26-25(27,28)20-3-1-17(2-4-20)16-32-9-11-33(12-10-32)24(34)22-14-19-13-21(30-15-23(19)31-22)18-5-7-29-8-6-18/h1-5,13-14,29-31H,6-12,15-16H2. The van der Waals surface area contributed by atoms with Gasteiger partial charge in [0.25, 0.3) is 5.91 Å². The van der Waals surface area contributed by atoms with Gasteiger partial charge in [-0.15, -0.1) is 0 Å². The lowest BCUT2D eigenvalue weighted by Crippen LogP contribution is -2.48. The highest BCUT2D eigenvalue weighted by atomic mass is 19.4. The van der Waals surface area contributed by atoms with Crippen molar-refractivity contribution in [3.8, 4) is 0 Å². The van der Waals surface area contributed by atoms with Crippen molar-refractivity contribution in [2.24, 2.45) is 0 Å². The highest BCUT2D eigenvalue weighted by molar-refractivity contribution is 5.93. The number of fused-ring (bicyclic) bond motifs is 1. The Balaban J connectivity index is 1.18. The predicted molar refractivity (Wildman–Crippen MR) is 124 cm³/mol. The number of H-pyrrole nitrogens is 1. The molecule has 1 aromatic heterocycles. The molecule has 180 valence electrons. The zero-order chi connectivity index (χ0) is 23.7. The van der Waals surface area contributed by atoms with Crippen molar-refractivity contribution >= 4 is 12.0 Å². The molecule has 3 aliphatic rings. The normalized spacial score (nSPS) is 19.2. The van der Waals surface area contributed by atoms with E-state index in [0.717, 1.165) is 54.2 Å². The number of hydrogen-bond donors (Lipinski definition) is 3. The van der Waals surface area contributed by atoms with Crippen LogP contribution in [0.2, 0.25) is 0 Å². The third-order valence-corrected chi connectivity index (χ3v) is 6.68. The van der Waals surface area contributed by atoms with Crippen molar-refractivity contribution in [1.82, 2.24) is 25.4 Å². The summed E-state index contributed by atoms with van der Waals surface area (Å²) in [6.45, 7) is 5.62. The Morgan fingerprint density at radius 1 is 1.06 bits per heavy atom. The summed E-state index contributed by atoms with van der Waals surface area (Å²) >= 11 is 0. The molecule has 3 N–H and O–H groups in total. The minimum absolute atomic E-state index is 0.0142. The van der Waals surface area contributed by atoms with E-state index < -0.39 is 11.7 Å². The van der Waals surface area contributed by atoms with Crippen molar-refractivity contribution in [2.75, 3.05) is 39.3 Å². The molecule has 9 heteroatoms. The van der Waals surface area contributed by atoms with Crippen molar-refractivity contribution in [2.45, 2.75) is 25.7 Å². The van der Waals surface area contributed by atoms with Gasteiger partial charge in [-0.1, -0.05) is 18.2 Å². The van der Waals surface area contributed by atoms with Crippen LogP contribution in [0.3, 0.4) is 0 Å². The van der Waals surface area contributed by atoms with E-state index in [1.54, 1.807) is 0 Å². The average Bonchev–Trinajstić information content (AvgIpc) is 3.28. The third kappa shape index (κ3) is 4.90. The van der Waals surface area contributed by atoms with Gasteiger partial charge in [0.05, 0.1) is 12.1 Å². The van der Waals surface area contributed by atoms with Crippen LogP contribution in [0, 0.1) is 0 Å². The van der Waals surface area contributed by atoms with Crippen LogP contribution >= 0.6 is 0 Å². The molecule has 1 aromatic carbocycles. The first-order valence-electron chi connectivity index (χ1n) is 11.6. The van der Waals surface area contributed by atoms with Gasteiger partial charge >= 0.3 is 6.18 Å². The molecule has 0 atom stereocenters. The predicted octanol–water partition coefficient (Wildman–Crippen LogP) is 3.36. The smallest absolute Gasteiger partial charge is 0.379 e. The number of alkyl halides is 3. The average molecular weight is 472 g/mol. The molecule has 6 nitrogen and oxygen atoms in total. The third-order valence-electron chi connectivity index (χ3n) is 6.68. The summed E-state index contributed by atoms with van der Waals surface area (Å²) in [4.78, 5) is 20.4. The lowest BCUT2D eigenvalue weighted by Gasteiger charge is -2.34. The zero-order valence-electron chi connectivity index (χ0n) is 18.8. The van der Waals surface area contributed by atoms with Crippen LogP contribution < -0.4 is 10.6 Å². The lowest BCUT2D eigenvalue weighted by atomic mass is 10.0. The van der Waals surface area contributed by atoms with Crippen LogP contribution in [0.15, 0.2) is 47.7 Å². The Labute approximate surface area is 196 Å². The maximum atomic E-state index is 13.1. The number of nitrogens with zero attached hydrogens (tertiary/aromatic N) is 2. The van der Waals surface area contributed by atoms with Gasteiger partial charge in [-0.05, 0) is 53.9 Å². The Morgan fingerprint density at radius 3 is 2.50 bits per heavy atom. The number of carbonyl (C=O) groups excluding carboxylic acids is 1. The summed E-state index contributed by atoms with van der Waals surface area (Å²) in [7, 11) is 0. The van der Waals surface area contributed by atoms with E-state index in [1.807, 2.05) is 11.0 Å². The summed E-state index contributed by atoms with van der Waals surface area (Å²) < 4.78 is 38.3. The lowest BCUT2D eigenvalue weighted by molar-refractivity contribution is -0.137. The summed E-state index contributed by atoms with van der Waals surface area (Å²) in [5.74, 6) is -0.0142. The SMILES string of the molecule is O=C(c1cc2c([nH]1)CNC(C1=CCNCC1)=C2)N1CCN(Cc2ccc(C(F)(F)F)cc2)CC1. The summed E-state index contributed by atoms with van der Waals surface area (Å²) in [6.07, 6.45) is 0.988. The molecule has 2 aromatic rings. The summed E-state index contributed by atoms with van der Waals surface area (Å²) in [5.41, 5.74) is 5.31. The molecular formula is C25H28F3N5O. The second kappa shape index (κ2) is 9.31. The van der Waals surface area contributed by atoms with Crippen molar-refractivity contribution in [3.05, 3.63) is 75.8 Å². The molecule has 4 heterocycles. The Bertz CT molecular complexity index is 1110. The molecule has 0 saturated carbocycles. The quantitative estimate of drug-likeness (QED) is 0.640. The van der Waals surface area contributed by atoms with Crippen LogP contribution in [-0.4, -0.2) is 60.0 Å². The number of carbonyl (C=O) groups is 1. The van der Waals surface area contributed by atoms with E-state index in [-0.39, 0.29) is 5.91 Å². The highest BCUT2D eigenvalue weighted by Crippen LogP contribution is 2.29. The van der Waals surface area contributed by atoms with Gasteiger partial charge in [-0.25, -0.2) is 0 Å². The number of nitrogens with one attached hydrogen (secondary N) is 3. The molecule has 0 radical (unpaired) electrons. The molecule has 34 heavy (non-hydrogen) atoms. The monoisotopic (exact) mass is 471 g/mol. The largest absolute Gasteiger partial charge is 0.416 e. The van der Waals surface area contributed by atoms with Gasteiger partial charge < -0.3 is 20.5 Å². The first-order chi connectivity index (χ1) is 16.4. The fraction of sp³-hybridized carbons (Fsp3) is 0.400. The number of rotatable bonds is 4. The molecule has 0 unspecified atom stereocenters.